The molecular weight excluding hydrogens is 181 g/mol. The summed E-state index contributed by atoms with van der Waals surface area (Å²) in [5.41, 5.74) is 0. The van der Waals surface area contributed by atoms with E-state index >= 15 is 0 Å². The van der Waals surface area contributed by atoms with Gasteiger partial charge in [0.2, 0.25) is 0 Å². The average Bonchev–Trinajstić information content (AvgIpc) is 1.82. The van der Waals surface area contributed by atoms with E-state index in [2.05, 4.69) is 0 Å². The van der Waals surface area contributed by atoms with E-state index in [0.29, 0.717) is 0 Å². The van der Waals surface area contributed by atoms with Gasteiger partial charge in [0, 0.05) is 5.92 Å². The number of halogens is 3. The van der Waals surface area contributed by atoms with Crippen LogP contribution in [0.5, 0.6) is 0 Å². The molecule has 4 heteroatoms. The van der Waals surface area contributed by atoms with Crippen LogP contribution in [-0.4, -0.2) is 12.0 Å². The Morgan fingerprint density at radius 2 is 1.46 bits per heavy atom. The fraction of sp³-hybridized carbons (Fsp3) is 0.889. The Labute approximate surface area is 76.3 Å². The van der Waals surface area contributed by atoms with Crippen LogP contribution >= 0.6 is 0 Å². The zero-order valence-electron chi connectivity index (χ0n) is 8.27. The Bertz CT molecular complexity index is 182. The third kappa shape index (κ3) is 3.36. The SMILES string of the molecule is CC(C)C(=O)[C@H](C(C)C)C(F)(F)F. The van der Waals surface area contributed by atoms with Crippen molar-refractivity contribution < 1.29 is 18.0 Å². The van der Waals surface area contributed by atoms with Gasteiger partial charge in [-0.1, -0.05) is 27.7 Å². The van der Waals surface area contributed by atoms with E-state index in [0.717, 1.165) is 0 Å². The Kier molecular flexibility index (Phi) is 3.94. The molecule has 0 spiro atoms. The summed E-state index contributed by atoms with van der Waals surface area (Å²) in [7, 11) is 0. The van der Waals surface area contributed by atoms with Crippen LogP contribution in [0.25, 0.3) is 0 Å². The van der Waals surface area contributed by atoms with E-state index in [1.807, 2.05) is 0 Å². The molecule has 0 N–H and O–H groups in total. The van der Waals surface area contributed by atoms with Gasteiger partial charge >= 0.3 is 6.18 Å². The quantitative estimate of drug-likeness (QED) is 0.678. The predicted octanol–water partition coefficient (Wildman–Crippen LogP) is 3.05. The van der Waals surface area contributed by atoms with Crippen molar-refractivity contribution in [2.75, 3.05) is 0 Å². The maximum atomic E-state index is 12.4. The predicted molar refractivity (Wildman–Crippen MR) is 44.2 cm³/mol. The van der Waals surface area contributed by atoms with Gasteiger partial charge in [0.1, 0.15) is 11.7 Å². The molecule has 0 aliphatic heterocycles. The maximum Gasteiger partial charge on any atom is 0.398 e. The Morgan fingerprint density at radius 3 is 1.54 bits per heavy atom. The van der Waals surface area contributed by atoms with E-state index in [4.69, 9.17) is 0 Å². The van der Waals surface area contributed by atoms with Crippen molar-refractivity contribution in [2.45, 2.75) is 33.9 Å². The standard InChI is InChI=1S/C9H15F3O/c1-5(2)7(9(10,11)12)8(13)6(3)4/h5-7H,1-4H3/t7-/m0/s1. The van der Waals surface area contributed by atoms with Crippen LogP contribution in [0.3, 0.4) is 0 Å². The molecule has 0 aromatic rings. The van der Waals surface area contributed by atoms with Gasteiger partial charge in [-0.2, -0.15) is 13.2 Å². The molecule has 0 aromatic heterocycles. The highest BCUT2D eigenvalue weighted by atomic mass is 19.4. The first-order valence-corrected chi connectivity index (χ1v) is 4.28. The minimum absolute atomic E-state index is 0.561. The topological polar surface area (TPSA) is 17.1 Å². The first kappa shape index (κ1) is 12.5. The first-order chi connectivity index (χ1) is 5.68. The lowest BCUT2D eigenvalue weighted by Gasteiger charge is -2.23. The van der Waals surface area contributed by atoms with Gasteiger partial charge in [-0.15, -0.1) is 0 Å². The lowest BCUT2D eigenvalue weighted by atomic mass is 9.86. The van der Waals surface area contributed by atoms with E-state index in [1.54, 1.807) is 0 Å². The Hall–Kier alpha value is -0.540. The molecule has 1 nitrogen and oxygen atoms in total. The van der Waals surface area contributed by atoms with Gasteiger partial charge in [0.05, 0.1) is 0 Å². The number of hydrogen-bond acceptors (Lipinski definition) is 1. The maximum absolute atomic E-state index is 12.4. The second-order valence-corrected chi connectivity index (χ2v) is 3.82. The summed E-state index contributed by atoms with van der Waals surface area (Å²) in [6.07, 6.45) is -4.41. The number of carbonyl (C=O) groups is 1. The van der Waals surface area contributed by atoms with Crippen molar-refractivity contribution in [3.63, 3.8) is 0 Å². The molecule has 0 radical (unpaired) electrons. The zero-order chi connectivity index (χ0) is 10.8. The molecule has 78 valence electrons. The van der Waals surface area contributed by atoms with Gasteiger partial charge in [0.25, 0.3) is 0 Å². The fourth-order valence-corrected chi connectivity index (χ4v) is 1.23. The molecule has 0 aliphatic rings. The van der Waals surface area contributed by atoms with E-state index in [9.17, 15) is 18.0 Å². The third-order valence-electron chi connectivity index (χ3n) is 1.89. The normalized spacial score (nSPS) is 15.2. The van der Waals surface area contributed by atoms with E-state index in [-0.39, 0.29) is 0 Å². The summed E-state index contributed by atoms with van der Waals surface area (Å²) in [6, 6.07) is 0. The van der Waals surface area contributed by atoms with Crippen LogP contribution in [0, 0.1) is 17.8 Å². The van der Waals surface area contributed by atoms with Gasteiger partial charge in [0.15, 0.2) is 0 Å². The van der Waals surface area contributed by atoms with Crippen LogP contribution < -0.4 is 0 Å². The number of ketones is 1. The van der Waals surface area contributed by atoms with Crippen molar-refractivity contribution in [1.29, 1.82) is 0 Å². The van der Waals surface area contributed by atoms with Crippen molar-refractivity contribution in [3.05, 3.63) is 0 Å². The zero-order valence-corrected chi connectivity index (χ0v) is 8.27. The van der Waals surface area contributed by atoms with Crippen molar-refractivity contribution in [1.82, 2.24) is 0 Å². The molecule has 0 saturated carbocycles. The molecule has 0 unspecified atom stereocenters. The van der Waals surface area contributed by atoms with Gasteiger partial charge in [-0.3, -0.25) is 4.79 Å². The van der Waals surface area contributed by atoms with Crippen LogP contribution in [0.4, 0.5) is 13.2 Å². The third-order valence-corrected chi connectivity index (χ3v) is 1.89. The van der Waals surface area contributed by atoms with E-state index in [1.165, 1.54) is 27.7 Å². The van der Waals surface area contributed by atoms with Gasteiger partial charge in [-0.05, 0) is 5.92 Å². The van der Waals surface area contributed by atoms with Gasteiger partial charge in [-0.25, -0.2) is 0 Å². The summed E-state index contributed by atoms with van der Waals surface area (Å²) in [5.74, 6) is -3.78. The molecule has 13 heavy (non-hydrogen) atoms. The highest BCUT2D eigenvalue weighted by molar-refractivity contribution is 5.83. The Morgan fingerprint density at radius 1 is 1.08 bits per heavy atom. The van der Waals surface area contributed by atoms with Crippen molar-refractivity contribution in [2.24, 2.45) is 17.8 Å². The van der Waals surface area contributed by atoms with Crippen molar-refractivity contribution >= 4 is 5.78 Å². The lowest BCUT2D eigenvalue weighted by Crippen LogP contribution is -2.37. The van der Waals surface area contributed by atoms with E-state index < -0.39 is 29.7 Å². The average molecular weight is 196 g/mol. The monoisotopic (exact) mass is 196 g/mol. The Balaban J connectivity index is 4.73. The van der Waals surface area contributed by atoms with Crippen LogP contribution in [0.2, 0.25) is 0 Å². The molecule has 0 fully saturated rings. The number of hydrogen-bond donors (Lipinski definition) is 0. The van der Waals surface area contributed by atoms with Crippen LogP contribution in [-0.2, 0) is 4.79 Å². The second-order valence-electron chi connectivity index (χ2n) is 3.82. The highest BCUT2D eigenvalue weighted by Gasteiger charge is 2.46. The number of carbonyl (C=O) groups excluding carboxylic acids is 1. The first-order valence-electron chi connectivity index (χ1n) is 4.28. The summed E-state index contributed by atoms with van der Waals surface area (Å²) in [4.78, 5) is 11.2. The lowest BCUT2D eigenvalue weighted by molar-refractivity contribution is -0.191. The van der Waals surface area contributed by atoms with Crippen molar-refractivity contribution in [3.8, 4) is 0 Å². The molecule has 0 saturated heterocycles. The summed E-state index contributed by atoms with van der Waals surface area (Å²) in [5, 5.41) is 0. The molecule has 0 aliphatic carbocycles. The highest BCUT2D eigenvalue weighted by Crippen LogP contribution is 2.34. The van der Waals surface area contributed by atoms with Crippen LogP contribution in [0.1, 0.15) is 27.7 Å². The molecule has 0 heterocycles. The molecule has 0 aromatic carbocycles. The summed E-state index contributed by atoms with van der Waals surface area (Å²) in [6.45, 7) is 5.81. The number of alkyl halides is 3. The molecule has 0 bridgehead atoms. The second kappa shape index (κ2) is 4.11. The summed E-state index contributed by atoms with van der Waals surface area (Å²) < 4.78 is 37.1. The minimum Gasteiger partial charge on any atom is -0.299 e. The molecule has 1 atom stereocenters. The fourth-order valence-electron chi connectivity index (χ4n) is 1.23. The van der Waals surface area contributed by atoms with Crippen LogP contribution in [0.15, 0.2) is 0 Å². The minimum atomic E-state index is -4.41. The molecule has 0 amide bonds. The number of Topliss-reactive ketones (excluding diaryl/α,β-unsaturated/α-hetero) is 1. The smallest absolute Gasteiger partial charge is 0.299 e. The number of rotatable bonds is 3. The molecule has 0 rings (SSSR count). The molecular formula is C9H15F3O. The van der Waals surface area contributed by atoms with Gasteiger partial charge < -0.3 is 0 Å². The largest absolute Gasteiger partial charge is 0.398 e. The summed E-state index contributed by atoms with van der Waals surface area (Å²) >= 11 is 0.